The van der Waals surface area contributed by atoms with E-state index >= 15 is 0 Å². The smallest absolute Gasteiger partial charge is 0.308 e. The molecule has 2 N–H and O–H groups in total. The van der Waals surface area contributed by atoms with Gasteiger partial charge in [-0.15, -0.1) is 0 Å². The first-order chi connectivity index (χ1) is 6.88. The highest BCUT2D eigenvalue weighted by Gasteiger charge is 2.18. The second kappa shape index (κ2) is 6.80. The molecule has 0 bridgehead atoms. The minimum atomic E-state index is -0.757. The first-order valence-corrected chi connectivity index (χ1v) is 5.43. The van der Waals surface area contributed by atoms with E-state index in [1.807, 2.05) is 6.92 Å². The molecule has 0 radical (unpaired) electrons. The summed E-state index contributed by atoms with van der Waals surface area (Å²) in [5.41, 5.74) is -0.583. The summed E-state index contributed by atoms with van der Waals surface area (Å²) < 4.78 is 5.34. The lowest BCUT2D eigenvalue weighted by Crippen LogP contribution is -2.18. The van der Waals surface area contributed by atoms with E-state index < -0.39 is 11.4 Å². The van der Waals surface area contributed by atoms with Crippen LogP contribution in [-0.4, -0.2) is 36.9 Å². The summed E-state index contributed by atoms with van der Waals surface area (Å²) in [4.78, 5) is 10.0. The minimum absolute atomic E-state index is 0.500. The number of carboxylic acid groups (broad SMARTS) is 1. The molecule has 1 fully saturated rings. The molecule has 1 aliphatic heterocycles. The average Bonchev–Trinajstić information content (AvgIpc) is 2.57. The Morgan fingerprint density at radius 3 is 2.33 bits per heavy atom. The van der Waals surface area contributed by atoms with Crippen molar-refractivity contribution >= 4 is 5.97 Å². The molecule has 4 nitrogen and oxygen atoms in total. The average molecular weight is 217 g/mol. The van der Waals surface area contributed by atoms with Crippen molar-refractivity contribution in [2.24, 2.45) is 5.41 Å². The van der Waals surface area contributed by atoms with Crippen LogP contribution in [0.15, 0.2) is 0 Å². The van der Waals surface area contributed by atoms with Gasteiger partial charge in [-0.25, -0.2) is 0 Å². The number of nitrogens with one attached hydrogen (secondary N) is 1. The van der Waals surface area contributed by atoms with Crippen LogP contribution in [0.5, 0.6) is 0 Å². The standard InChI is InChI=1S/C6H13NO.C5H10O2/c1-2-8-6-3-4-7-5-6;1-5(2,3)4(6)7/h6-7H,2-5H2,1H3;1-3H3,(H,6,7)/t6-;/m1./s1. The Labute approximate surface area is 92.0 Å². The number of ether oxygens (including phenoxy) is 1. The van der Waals surface area contributed by atoms with Crippen molar-refractivity contribution in [3.63, 3.8) is 0 Å². The maximum Gasteiger partial charge on any atom is 0.308 e. The molecule has 0 amide bonds. The molecule has 0 saturated carbocycles. The predicted molar refractivity (Wildman–Crippen MR) is 60.0 cm³/mol. The topological polar surface area (TPSA) is 58.6 Å². The summed E-state index contributed by atoms with van der Waals surface area (Å²) in [6, 6.07) is 0. The van der Waals surface area contributed by atoms with Gasteiger partial charge in [0.15, 0.2) is 0 Å². The van der Waals surface area contributed by atoms with Gasteiger partial charge >= 0.3 is 5.97 Å². The largest absolute Gasteiger partial charge is 0.481 e. The highest BCUT2D eigenvalue weighted by molar-refractivity contribution is 5.72. The van der Waals surface area contributed by atoms with E-state index in [4.69, 9.17) is 9.84 Å². The fourth-order valence-corrected chi connectivity index (χ4v) is 1.01. The van der Waals surface area contributed by atoms with Crippen molar-refractivity contribution in [3.05, 3.63) is 0 Å². The SMILES string of the molecule is CC(C)(C)C(=O)O.CCO[C@@H]1CCNC1. The Kier molecular flexibility index (Phi) is 6.52. The fraction of sp³-hybridized carbons (Fsp3) is 0.909. The van der Waals surface area contributed by atoms with E-state index in [-0.39, 0.29) is 0 Å². The van der Waals surface area contributed by atoms with Gasteiger partial charge < -0.3 is 15.2 Å². The van der Waals surface area contributed by atoms with Crippen LogP contribution in [0.4, 0.5) is 0 Å². The van der Waals surface area contributed by atoms with Gasteiger partial charge in [-0.1, -0.05) is 0 Å². The third-order valence-corrected chi connectivity index (χ3v) is 2.06. The van der Waals surface area contributed by atoms with E-state index in [2.05, 4.69) is 5.32 Å². The van der Waals surface area contributed by atoms with E-state index in [0.717, 1.165) is 19.7 Å². The van der Waals surface area contributed by atoms with Gasteiger partial charge in [0.05, 0.1) is 11.5 Å². The Balaban J connectivity index is 0.000000265. The van der Waals surface area contributed by atoms with Crippen molar-refractivity contribution in [1.82, 2.24) is 5.32 Å². The Morgan fingerprint density at radius 2 is 2.07 bits per heavy atom. The van der Waals surface area contributed by atoms with E-state index in [0.29, 0.717) is 6.10 Å². The molecule has 90 valence electrons. The zero-order valence-corrected chi connectivity index (χ0v) is 10.2. The zero-order valence-electron chi connectivity index (χ0n) is 10.2. The van der Waals surface area contributed by atoms with E-state index in [9.17, 15) is 4.79 Å². The van der Waals surface area contributed by atoms with Gasteiger partial charge in [-0.2, -0.15) is 0 Å². The monoisotopic (exact) mass is 217 g/mol. The van der Waals surface area contributed by atoms with Crippen LogP contribution in [0, 0.1) is 5.41 Å². The van der Waals surface area contributed by atoms with Crippen LogP contribution in [0.2, 0.25) is 0 Å². The Hall–Kier alpha value is -0.610. The molecular formula is C11H23NO3. The maximum atomic E-state index is 10.0. The summed E-state index contributed by atoms with van der Waals surface area (Å²) in [7, 11) is 0. The number of aliphatic carboxylic acids is 1. The molecule has 0 spiro atoms. The van der Waals surface area contributed by atoms with Gasteiger partial charge in [0.2, 0.25) is 0 Å². The highest BCUT2D eigenvalue weighted by Crippen LogP contribution is 2.11. The molecule has 4 heteroatoms. The number of hydrogen-bond donors (Lipinski definition) is 2. The Bertz CT molecular complexity index is 181. The van der Waals surface area contributed by atoms with Crippen molar-refractivity contribution in [2.75, 3.05) is 19.7 Å². The first kappa shape index (κ1) is 14.4. The van der Waals surface area contributed by atoms with Crippen molar-refractivity contribution in [3.8, 4) is 0 Å². The maximum absolute atomic E-state index is 10.0. The molecule has 0 aromatic rings. The molecule has 1 heterocycles. The molecule has 1 rings (SSSR count). The third kappa shape index (κ3) is 7.33. The molecule has 0 unspecified atom stereocenters. The Morgan fingerprint density at radius 1 is 1.53 bits per heavy atom. The second-order valence-electron chi connectivity index (χ2n) is 4.63. The molecule has 0 aromatic heterocycles. The van der Waals surface area contributed by atoms with Crippen molar-refractivity contribution in [1.29, 1.82) is 0 Å². The van der Waals surface area contributed by atoms with Crippen LogP contribution in [0.3, 0.4) is 0 Å². The summed E-state index contributed by atoms with van der Waals surface area (Å²) in [5, 5.41) is 11.5. The number of rotatable bonds is 2. The lowest BCUT2D eigenvalue weighted by Gasteiger charge is -2.08. The molecule has 1 atom stereocenters. The summed E-state index contributed by atoms with van der Waals surface area (Å²) >= 11 is 0. The molecule has 1 saturated heterocycles. The normalized spacial score (nSPS) is 20.7. The molecular weight excluding hydrogens is 194 g/mol. The van der Waals surface area contributed by atoms with Crippen molar-refractivity contribution < 1.29 is 14.6 Å². The molecule has 1 aliphatic rings. The van der Waals surface area contributed by atoms with Gasteiger partial charge in [0, 0.05) is 13.2 Å². The summed E-state index contributed by atoms with van der Waals surface area (Å²) in [6.45, 7) is 10.1. The quantitative estimate of drug-likeness (QED) is 0.736. The van der Waals surface area contributed by atoms with Crippen LogP contribution in [0.1, 0.15) is 34.1 Å². The van der Waals surface area contributed by atoms with Crippen LogP contribution in [0.25, 0.3) is 0 Å². The van der Waals surface area contributed by atoms with E-state index in [1.54, 1.807) is 20.8 Å². The van der Waals surface area contributed by atoms with Crippen LogP contribution < -0.4 is 5.32 Å². The molecule has 0 aliphatic carbocycles. The van der Waals surface area contributed by atoms with E-state index in [1.165, 1.54) is 6.42 Å². The lowest BCUT2D eigenvalue weighted by molar-refractivity contribution is -0.145. The number of carboxylic acids is 1. The number of carbonyl (C=O) groups is 1. The summed E-state index contributed by atoms with van der Waals surface area (Å²) in [6.07, 6.45) is 1.69. The first-order valence-electron chi connectivity index (χ1n) is 5.43. The highest BCUT2D eigenvalue weighted by atomic mass is 16.5. The second-order valence-corrected chi connectivity index (χ2v) is 4.63. The fourth-order valence-electron chi connectivity index (χ4n) is 1.01. The van der Waals surface area contributed by atoms with Gasteiger partial charge in [-0.3, -0.25) is 4.79 Å². The molecule has 0 aromatic carbocycles. The minimum Gasteiger partial charge on any atom is -0.481 e. The predicted octanol–water partition coefficient (Wildman–Crippen LogP) is 1.50. The number of hydrogen-bond acceptors (Lipinski definition) is 3. The van der Waals surface area contributed by atoms with Crippen LogP contribution in [-0.2, 0) is 9.53 Å². The lowest BCUT2D eigenvalue weighted by atomic mass is 9.98. The zero-order chi connectivity index (χ0) is 11.9. The van der Waals surface area contributed by atoms with Crippen molar-refractivity contribution in [2.45, 2.75) is 40.2 Å². The third-order valence-electron chi connectivity index (χ3n) is 2.06. The van der Waals surface area contributed by atoms with Crippen LogP contribution >= 0.6 is 0 Å². The summed E-state index contributed by atoms with van der Waals surface area (Å²) in [5.74, 6) is -0.757. The van der Waals surface area contributed by atoms with Gasteiger partial charge in [-0.05, 0) is 40.7 Å². The van der Waals surface area contributed by atoms with Gasteiger partial charge in [0.25, 0.3) is 0 Å². The molecule has 15 heavy (non-hydrogen) atoms. The van der Waals surface area contributed by atoms with Gasteiger partial charge in [0.1, 0.15) is 0 Å².